The average molecular weight is 233 g/mol. The van der Waals surface area contributed by atoms with Crippen molar-refractivity contribution < 1.29 is 13.2 Å². The monoisotopic (exact) mass is 233 g/mol. The molecule has 1 saturated carbocycles. The molecule has 0 amide bonds. The van der Waals surface area contributed by atoms with Crippen LogP contribution in [0, 0.1) is 5.92 Å². The topological polar surface area (TPSA) is 64.1 Å². The van der Waals surface area contributed by atoms with Gasteiger partial charge in [-0.2, -0.15) is 13.2 Å². The van der Waals surface area contributed by atoms with Crippen LogP contribution in [0.25, 0.3) is 0 Å². The van der Waals surface area contributed by atoms with Crippen LogP contribution in [0.1, 0.15) is 19.3 Å². The molecule has 6 heteroatoms. The van der Waals surface area contributed by atoms with Crippen molar-refractivity contribution in [2.75, 3.05) is 0 Å². The summed E-state index contributed by atoms with van der Waals surface area (Å²) in [7, 11) is 0. The van der Waals surface area contributed by atoms with Gasteiger partial charge < -0.3 is 16.8 Å². The fourth-order valence-electron chi connectivity index (χ4n) is 1.99. The van der Waals surface area contributed by atoms with Gasteiger partial charge in [0.15, 0.2) is 0 Å². The van der Waals surface area contributed by atoms with E-state index >= 15 is 0 Å². The van der Waals surface area contributed by atoms with E-state index in [9.17, 15) is 13.2 Å². The highest BCUT2D eigenvalue weighted by atomic mass is 19.4. The summed E-state index contributed by atoms with van der Waals surface area (Å²) >= 11 is 0. The van der Waals surface area contributed by atoms with E-state index in [-0.39, 0.29) is 11.6 Å². The number of nitrogens with two attached hydrogens (primary N) is 2. The molecule has 0 aromatic rings. The Morgan fingerprint density at radius 1 is 1.38 bits per heavy atom. The Bertz CT molecular complexity index is 355. The fraction of sp³-hybridized carbons (Fsp3) is 0.600. The second-order valence-corrected chi connectivity index (χ2v) is 4.34. The van der Waals surface area contributed by atoms with Crippen molar-refractivity contribution in [2.45, 2.75) is 31.1 Å². The smallest absolute Gasteiger partial charge is 0.399 e. The van der Waals surface area contributed by atoms with Crippen molar-refractivity contribution in [2.24, 2.45) is 17.4 Å². The first-order chi connectivity index (χ1) is 7.34. The van der Waals surface area contributed by atoms with Gasteiger partial charge in [0.05, 0.1) is 5.57 Å². The molecular weight excluding hydrogens is 219 g/mol. The number of hydrogen-bond acceptors (Lipinski definition) is 3. The number of alkyl halides is 3. The third-order valence-electron chi connectivity index (χ3n) is 3.33. The lowest BCUT2D eigenvalue weighted by atomic mass is 9.73. The first-order valence-electron chi connectivity index (χ1n) is 5.15. The van der Waals surface area contributed by atoms with Gasteiger partial charge in [-0.3, -0.25) is 0 Å². The zero-order valence-corrected chi connectivity index (χ0v) is 8.64. The maximum absolute atomic E-state index is 12.4. The Kier molecular flexibility index (Phi) is 2.41. The summed E-state index contributed by atoms with van der Waals surface area (Å²) < 4.78 is 37.2. The Labute approximate surface area is 91.4 Å². The first-order valence-corrected chi connectivity index (χ1v) is 5.15. The molecule has 90 valence electrons. The van der Waals surface area contributed by atoms with Gasteiger partial charge in [0.25, 0.3) is 0 Å². The minimum atomic E-state index is -4.39. The normalized spacial score (nSPS) is 31.2. The molecule has 0 radical (unpaired) electrons. The van der Waals surface area contributed by atoms with Gasteiger partial charge in [-0.05, 0) is 18.9 Å². The zero-order chi connectivity index (χ0) is 12.0. The van der Waals surface area contributed by atoms with Gasteiger partial charge in [-0.25, -0.2) is 0 Å². The predicted molar refractivity (Wildman–Crippen MR) is 53.8 cm³/mol. The molecule has 1 fully saturated rings. The van der Waals surface area contributed by atoms with Crippen LogP contribution < -0.4 is 16.8 Å². The van der Waals surface area contributed by atoms with Crippen molar-refractivity contribution in [1.29, 1.82) is 0 Å². The highest BCUT2D eigenvalue weighted by Gasteiger charge is 2.44. The summed E-state index contributed by atoms with van der Waals surface area (Å²) in [5, 5.41) is 2.61. The molecule has 0 aromatic heterocycles. The number of halogens is 3. The quantitative estimate of drug-likeness (QED) is 0.640. The second-order valence-electron chi connectivity index (χ2n) is 4.34. The molecule has 1 aliphatic carbocycles. The van der Waals surface area contributed by atoms with E-state index in [4.69, 9.17) is 11.5 Å². The largest absolute Gasteiger partial charge is 0.417 e. The Balaban J connectivity index is 2.21. The third kappa shape index (κ3) is 1.67. The van der Waals surface area contributed by atoms with Crippen molar-refractivity contribution in [3.05, 3.63) is 23.5 Å². The number of allylic oxidation sites excluding steroid dienone is 2. The number of rotatable bonds is 1. The molecule has 2 aliphatic rings. The van der Waals surface area contributed by atoms with Crippen molar-refractivity contribution in [3.8, 4) is 0 Å². The summed E-state index contributed by atoms with van der Waals surface area (Å²) in [6.45, 7) is 0. The summed E-state index contributed by atoms with van der Waals surface area (Å²) in [4.78, 5) is 0. The van der Waals surface area contributed by atoms with Gasteiger partial charge in [0.2, 0.25) is 0 Å². The first kappa shape index (κ1) is 11.3. The molecule has 1 atom stereocenters. The van der Waals surface area contributed by atoms with Crippen LogP contribution in [0.3, 0.4) is 0 Å². The molecule has 5 N–H and O–H groups in total. The minimum absolute atomic E-state index is 0.0621. The number of nitrogens with one attached hydrogen (secondary N) is 1. The van der Waals surface area contributed by atoms with Gasteiger partial charge in [0.1, 0.15) is 5.66 Å². The molecule has 16 heavy (non-hydrogen) atoms. The van der Waals surface area contributed by atoms with Crippen LogP contribution in [-0.4, -0.2) is 11.8 Å². The van der Waals surface area contributed by atoms with E-state index in [1.54, 1.807) is 0 Å². The number of hydrogen-bond donors (Lipinski definition) is 3. The molecule has 3 nitrogen and oxygen atoms in total. The maximum Gasteiger partial charge on any atom is 0.417 e. The summed E-state index contributed by atoms with van der Waals surface area (Å²) in [5.74, 6) is 0.120. The van der Waals surface area contributed by atoms with Crippen LogP contribution in [0.2, 0.25) is 0 Å². The Morgan fingerprint density at radius 2 is 2.00 bits per heavy atom. The molecule has 0 bridgehead atoms. The van der Waals surface area contributed by atoms with Crippen LogP contribution >= 0.6 is 0 Å². The Hall–Kier alpha value is -1.17. The molecule has 2 rings (SSSR count). The van der Waals surface area contributed by atoms with E-state index in [0.29, 0.717) is 0 Å². The van der Waals surface area contributed by atoms with Crippen LogP contribution in [0.4, 0.5) is 13.2 Å². The summed E-state index contributed by atoms with van der Waals surface area (Å²) in [5.41, 5.74) is 9.91. The van der Waals surface area contributed by atoms with Crippen LogP contribution in [-0.2, 0) is 0 Å². The van der Waals surface area contributed by atoms with Crippen molar-refractivity contribution >= 4 is 0 Å². The molecule has 0 spiro atoms. The third-order valence-corrected chi connectivity index (χ3v) is 3.33. The average Bonchev–Trinajstić information content (AvgIpc) is 2.04. The molecular formula is C10H14F3N3. The lowest BCUT2D eigenvalue weighted by molar-refractivity contribution is -0.0893. The van der Waals surface area contributed by atoms with Gasteiger partial charge >= 0.3 is 6.18 Å². The van der Waals surface area contributed by atoms with Crippen molar-refractivity contribution in [3.63, 3.8) is 0 Å². The molecule has 0 aromatic carbocycles. The van der Waals surface area contributed by atoms with Crippen molar-refractivity contribution in [1.82, 2.24) is 5.32 Å². The van der Waals surface area contributed by atoms with Crippen LogP contribution in [0.15, 0.2) is 23.5 Å². The number of dihydropyridines is 1. The Morgan fingerprint density at radius 3 is 2.38 bits per heavy atom. The second kappa shape index (κ2) is 3.41. The van der Waals surface area contributed by atoms with Gasteiger partial charge in [-0.15, -0.1) is 0 Å². The van der Waals surface area contributed by atoms with Crippen LogP contribution in [0.5, 0.6) is 0 Å². The molecule has 1 unspecified atom stereocenters. The van der Waals surface area contributed by atoms with E-state index in [2.05, 4.69) is 5.32 Å². The standard InChI is InChI=1S/C10H14F3N3/c11-10(12,13)7-4-8(14)9(15,16-5-7)6-2-1-3-6/h4-6,16H,1-3,14-15H2. The zero-order valence-electron chi connectivity index (χ0n) is 8.64. The summed E-state index contributed by atoms with van der Waals surface area (Å²) in [6.07, 6.45) is 0.289. The summed E-state index contributed by atoms with van der Waals surface area (Å²) in [6, 6.07) is 0. The van der Waals surface area contributed by atoms with E-state index in [1.807, 2.05) is 0 Å². The van der Waals surface area contributed by atoms with E-state index in [1.165, 1.54) is 0 Å². The molecule has 0 saturated heterocycles. The van der Waals surface area contributed by atoms with Gasteiger partial charge in [0, 0.05) is 17.8 Å². The molecule has 1 aliphatic heterocycles. The predicted octanol–water partition coefficient (Wildman–Crippen LogP) is 1.33. The highest BCUT2D eigenvalue weighted by molar-refractivity contribution is 5.36. The fourth-order valence-corrected chi connectivity index (χ4v) is 1.99. The lowest BCUT2D eigenvalue weighted by Gasteiger charge is -2.44. The lowest BCUT2D eigenvalue weighted by Crippen LogP contribution is -2.63. The highest BCUT2D eigenvalue weighted by Crippen LogP contribution is 2.39. The van der Waals surface area contributed by atoms with E-state index < -0.39 is 17.4 Å². The maximum atomic E-state index is 12.4. The molecule has 1 heterocycles. The SMILES string of the molecule is NC1=CC(C(F)(F)F)=CNC1(N)C1CCC1. The van der Waals surface area contributed by atoms with E-state index in [0.717, 1.165) is 31.5 Å². The van der Waals surface area contributed by atoms with Gasteiger partial charge in [-0.1, -0.05) is 6.42 Å². The minimum Gasteiger partial charge on any atom is -0.399 e.